The second-order valence-corrected chi connectivity index (χ2v) is 5.69. The highest BCUT2D eigenvalue weighted by atomic mass is 16.1. The third-order valence-corrected chi connectivity index (χ3v) is 3.57. The average molecular weight is 333 g/mol. The Balaban J connectivity index is 1.66. The van der Waals surface area contributed by atoms with E-state index >= 15 is 0 Å². The number of rotatable bonds is 5. The minimum Gasteiger partial charge on any atom is -0.366 e. The van der Waals surface area contributed by atoms with Crippen LogP contribution < -0.4 is 10.6 Å². The van der Waals surface area contributed by atoms with E-state index in [1.807, 2.05) is 44.2 Å². The largest absolute Gasteiger partial charge is 0.366 e. The number of anilines is 2. The summed E-state index contributed by atoms with van der Waals surface area (Å²) in [4.78, 5) is 24.7. The molecule has 0 radical (unpaired) electrons. The fourth-order valence-corrected chi connectivity index (χ4v) is 2.47. The number of benzene rings is 1. The predicted molar refractivity (Wildman–Crippen MR) is 97.5 cm³/mol. The minimum absolute atomic E-state index is 0.158. The van der Waals surface area contributed by atoms with E-state index < -0.39 is 0 Å². The summed E-state index contributed by atoms with van der Waals surface area (Å²) in [5, 5.41) is 6.18. The number of hydrogen-bond acceptors (Lipinski definition) is 5. The summed E-state index contributed by atoms with van der Waals surface area (Å²) in [6.07, 6.45) is 3.20. The summed E-state index contributed by atoms with van der Waals surface area (Å²) in [5.41, 5.74) is 3.29. The summed E-state index contributed by atoms with van der Waals surface area (Å²) in [5.74, 6) is 1.37. The van der Waals surface area contributed by atoms with Gasteiger partial charge in [-0.3, -0.25) is 9.78 Å². The molecule has 0 saturated carbocycles. The summed E-state index contributed by atoms with van der Waals surface area (Å²) in [6, 6.07) is 13.0. The predicted octanol–water partition coefficient (Wildman–Crippen LogP) is 3.35. The molecular weight excluding hydrogens is 314 g/mol. The number of aryl methyl sites for hydroxylation is 2. The lowest BCUT2D eigenvalue weighted by Crippen LogP contribution is -2.12. The molecule has 3 rings (SSSR count). The van der Waals surface area contributed by atoms with E-state index in [4.69, 9.17) is 0 Å². The van der Waals surface area contributed by atoms with Gasteiger partial charge in [0, 0.05) is 41.9 Å². The van der Waals surface area contributed by atoms with E-state index in [0.29, 0.717) is 12.1 Å². The summed E-state index contributed by atoms with van der Waals surface area (Å²) in [6.45, 7) is 4.41. The monoisotopic (exact) mass is 333 g/mol. The second kappa shape index (κ2) is 7.53. The van der Waals surface area contributed by atoms with Crippen LogP contribution in [0.5, 0.6) is 0 Å². The van der Waals surface area contributed by atoms with Crippen molar-refractivity contribution < 1.29 is 4.79 Å². The first-order valence-electron chi connectivity index (χ1n) is 7.96. The Bertz CT molecular complexity index is 860. The van der Waals surface area contributed by atoms with Crippen molar-refractivity contribution in [3.63, 3.8) is 0 Å². The molecule has 2 N–H and O–H groups in total. The molecule has 1 amide bonds. The van der Waals surface area contributed by atoms with Gasteiger partial charge in [-0.25, -0.2) is 9.97 Å². The quantitative estimate of drug-likeness (QED) is 0.748. The maximum atomic E-state index is 12.2. The first-order valence-corrected chi connectivity index (χ1v) is 7.96. The van der Waals surface area contributed by atoms with E-state index in [2.05, 4.69) is 25.6 Å². The van der Waals surface area contributed by atoms with Gasteiger partial charge in [-0.15, -0.1) is 0 Å². The summed E-state index contributed by atoms with van der Waals surface area (Å²) in [7, 11) is 0. The molecule has 0 unspecified atom stereocenters. The summed E-state index contributed by atoms with van der Waals surface area (Å²) >= 11 is 0. The van der Waals surface area contributed by atoms with Crippen LogP contribution >= 0.6 is 0 Å². The first kappa shape index (κ1) is 16.6. The van der Waals surface area contributed by atoms with E-state index in [-0.39, 0.29) is 5.91 Å². The van der Waals surface area contributed by atoms with E-state index in [1.165, 1.54) is 0 Å². The van der Waals surface area contributed by atoms with Crippen LogP contribution in [0.2, 0.25) is 0 Å². The molecule has 3 aromatic rings. The van der Waals surface area contributed by atoms with Crippen LogP contribution in [-0.2, 0) is 6.54 Å². The standard InChI is InChI=1S/C19H19N5O/c1-13-10-18(23-14(2)22-13)21-12-15-4-3-5-17(11-15)24-19(25)16-6-8-20-9-7-16/h3-11H,12H2,1-2H3,(H,24,25)(H,21,22,23). The van der Waals surface area contributed by atoms with Crippen molar-refractivity contribution in [1.82, 2.24) is 15.0 Å². The minimum atomic E-state index is -0.158. The van der Waals surface area contributed by atoms with Crippen LogP contribution in [0.25, 0.3) is 0 Å². The molecule has 0 aliphatic rings. The molecule has 126 valence electrons. The van der Waals surface area contributed by atoms with Gasteiger partial charge in [0.05, 0.1) is 0 Å². The van der Waals surface area contributed by atoms with Crippen molar-refractivity contribution in [2.45, 2.75) is 20.4 Å². The van der Waals surface area contributed by atoms with Crippen molar-refractivity contribution in [3.05, 3.63) is 77.5 Å². The maximum Gasteiger partial charge on any atom is 0.255 e. The molecule has 6 nitrogen and oxygen atoms in total. The topological polar surface area (TPSA) is 79.8 Å². The van der Waals surface area contributed by atoms with Crippen LogP contribution in [0.4, 0.5) is 11.5 Å². The Morgan fingerprint density at radius 2 is 1.84 bits per heavy atom. The fourth-order valence-electron chi connectivity index (χ4n) is 2.47. The molecule has 25 heavy (non-hydrogen) atoms. The second-order valence-electron chi connectivity index (χ2n) is 5.69. The van der Waals surface area contributed by atoms with E-state index in [1.54, 1.807) is 24.5 Å². The Labute approximate surface area is 146 Å². The average Bonchev–Trinajstić information content (AvgIpc) is 2.60. The number of nitrogens with zero attached hydrogens (tertiary/aromatic N) is 3. The molecular formula is C19H19N5O. The van der Waals surface area contributed by atoms with Crippen molar-refractivity contribution in [3.8, 4) is 0 Å². The highest BCUT2D eigenvalue weighted by molar-refractivity contribution is 6.04. The number of aromatic nitrogens is 3. The molecule has 2 aromatic heterocycles. The molecule has 0 aliphatic heterocycles. The first-order chi connectivity index (χ1) is 12.1. The third kappa shape index (κ3) is 4.60. The van der Waals surface area contributed by atoms with Gasteiger partial charge in [0.25, 0.3) is 5.91 Å². The molecule has 0 bridgehead atoms. The summed E-state index contributed by atoms with van der Waals surface area (Å²) < 4.78 is 0. The molecule has 6 heteroatoms. The number of hydrogen-bond donors (Lipinski definition) is 2. The van der Waals surface area contributed by atoms with Crippen LogP contribution in [-0.4, -0.2) is 20.9 Å². The van der Waals surface area contributed by atoms with Gasteiger partial charge in [-0.2, -0.15) is 0 Å². The highest BCUT2D eigenvalue weighted by Gasteiger charge is 2.06. The Hall–Kier alpha value is -3.28. The van der Waals surface area contributed by atoms with Gasteiger partial charge < -0.3 is 10.6 Å². The molecule has 0 saturated heterocycles. The smallest absolute Gasteiger partial charge is 0.255 e. The van der Waals surface area contributed by atoms with E-state index in [0.717, 1.165) is 28.6 Å². The molecule has 2 heterocycles. The Morgan fingerprint density at radius 1 is 1.04 bits per heavy atom. The number of pyridine rings is 1. The van der Waals surface area contributed by atoms with Gasteiger partial charge >= 0.3 is 0 Å². The fraction of sp³-hybridized carbons (Fsp3) is 0.158. The van der Waals surface area contributed by atoms with Crippen LogP contribution in [0.15, 0.2) is 54.9 Å². The molecule has 0 aliphatic carbocycles. The lowest BCUT2D eigenvalue weighted by molar-refractivity contribution is 0.102. The Kier molecular flexibility index (Phi) is 4.99. The zero-order valence-corrected chi connectivity index (χ0v) is 14.2. The SMILES string of the molecule is Cc1cc(NCc2cccc(NC(=O)c3ccncc3)c2)nc(C)n1. The van der Waals surface area contributed by atoms with E-state index in [9.17, 15) is 4.79 Å². The third-order valence-electron chi connectivity index (χ3n) is 3.57. The number of carbonyl (C=O) groups is 1. The van der Waals surface area contributed by atoms with Gasteiger partial charge in [-0.1, -0.05) is 12.1 Å². The van der Waals surface area contributed by atoms with Gasteiger partial charge in [0.15, 0.2) is 0 Å². The zero-order valence-electron chi connectivity index (χ0n) is 14.2. The number of amides is 1. The molecule has 0 atom stereocenters. The molecule has 0 fully saturated rings. The van der Waals surface area contributed by atoms with Crippen LogP contribution in [0.1, 0.15) is 27.4 Å². The van der Waals surface area contributed by atoms with Gasteiger partial charge in [0.2, 0.25) is 0 Å². The maximum absolute atomic E-state index is 12.2. The molecule has 1 aromatic carbocycles. The Morgan fingerprint density at radius 3 is 2.60 bits per heavy atom. The van der Waals surface area contributed by atoms with Crippen LogP contribution in [0, 0.1) is 13.8 Å². The van der Waals surface area contributed by atoms with Crippen molar-refractivity contribution in [2.75, 3.05) is 10.6 Å². The van der Waals surface area contributed by atoms with Gasteiger partial charge in [-0.05, 0) is 43.7 Å². The lowest BCUT2D eigenvalue weighted by Gasteiger charge is -2.10. The lowest BCUT2D eigenvalue weighted by atomic mass is 10.2. The number of carbonyl (C=O) groups excluding carboxylic acids is 1. The number of nitrogens with one attached hydrogen (secondary N) is 2. The van der Waals surface area contributed by atoms with Gasteiger partial charge in [0.1, 0.15) is 11.6 Å². The van der Waals surface area contributed by atoms with Crippen molar-refractivity contribution in [2.24, 2.45) is 0 Å². The molecule has 0 spiro atoms. The highest BCUT2D eigenvalue weighted by Crippen LogP contribution is 2.14. The normalized spacial score (nSPS) is 10.3. The zero-order chi connectivity index (χ0) is 17.6. The van der Waals surface area contributed by atoms with Crippen molar-refractivity contribution >= 4 is 17.4 Å². The van der Waals surface area contributed by atoms with Crippen molar-refractivity contribution in [1.29, 1.82) is 0 Å². The van der Waals surface area contributed by atoms with Crippen LogP contribution in [0.3, 0.4) is 0 Å².